The van der Waals surface area contributed by atoms with E-state index in [2.05, 4.69) is 46.5 Å². The molecule has 1 saturated heterocycles. The lowest BCUT2D eigenvalue weighted by molar-refractivity contribution is 0.186. The van der Waals surface area contributed by atoms with E-state index in [-0.39, 0.29) is 11.5 Å². The Labute approximate surface area is 190 Å². The second-order valence-corrected chi connectivity index (χ2v) is 9.23. The largest absolute Gasteiger partial charge is 0.465 e. The molecule has 4 aromatic rings. The summed E-state index contributed by atoms with van der Waals surface area (Å²) >= 11 is 3.51. The van der Waals surface area contributed by atoms with Crippen molar-refractivity contribution in [2.45, 2.75) is 25.4 Å². The fourth-order valence-corrected chi connectivity index (χ4v) is 4.83. The molecule has 3 aromatic heterocycles. The van der Waals surface area contributed by atoms with Crippen molar-refractivity contribution >= 4 is 50.6 Å². The number of carbonyl (C=O) groups is 1. The Morgan fingerprint density at radius 3 is 2.91 bits per heavy atom. The molecule has 1 aromatic carbocycles. The van der Waals surface area contributed by atoms with Crippen LogP contribution in [0.3, 0.4) is 0 Å². The van der Waals surface area contributed by atoms with Crippen LogP contribution in [0.5, 0.6) is 0 Å². The summed E-state index contributed by atoms with van der Waals surface area (Å²) in [7, 11) is 0. The second-order valence-electron chi connectivity index (χ2n) is 8.37. The van der Waals surface area contributed by atoms with Crippen molar-refractivity contribution in [3.8, 4) is 0 Å². The molecule has 1 spiro atoms. The summed E-state index contributed by atoms with van der Waals surface area (Å²) in [5.74, 6) is 1.87. The summed E-state index contributed by atoms with van der Waals surface area (Å²) in [6.07, 6.45) is 2.70. The van der Waals surface area contributed by atoms with Crippen molar-refractivity contribution in [3.05, 3.63) is 40.8 Å². The minimum Gasteiger partial charge on any atom is -0.465 e. The van der Waals surface area contributed by atoms with Gasteiger partial charge in [-0.25, -0.2) is 9.78 Å². The van der Waals surface area contributed by atoms with Crippen LogP contribution in [-0.4, -0.2) is 59.9 Å². The lowest BCUT2D eigenvalue weighted by atomic mass is 10.0. The van der Waals surface area contributed by atoms with Gasteiger partial charge in [0.1, 0.15) is 5.82 Å². The van der Waals surface area contributed by atoms with Gasteiger partial charge in [-0.15, -0.1) is 0 Å². The Kier molecular flexibility index (Phi) is 4.25. The quantitative estimate of drug-likeness (QED) is 0.330. The van der Waals surface area contributed by atoms with Gasteiger partial charge in [-0.05, 0) is 40.9 Å². The Hall–Kier alpha value is -3.41. The highest BCUT2D eigenvalue weighted by Crippen LogP contribution is 2.53. The lowest BCUT2D eigenvalue weighted by Crippen LogP contribution is -2.40. The third-order valence-electron chi connectivity index (χ3n) is 6.29. The van der Waals surface area contributed by atoms with Crippen LogP contribution in [0.1, 0.15) is 18.7 Å². The van der Waals surface area contributed by atoms with Gasteiger partial charge in [0.2, 0.25) is 11.9 Å². The van der Waals surface area contributed by atoms with E-state index in [1.165, 1.54) is 0 Å². The Morgan fingerprint density at radius 1 is 1.28 bits per heavy atom. The number of nitrogens with one attached hydrogen (secondary N) is 3. The molecular weight excluding hydrogens is 478 g/mol. The monoisotopic (exact) mass is 497 g/mol. The number of hydrogen-bond acceptors (Lipinski definition) is 7. The summed E-state index contributed by atoms with van der Waals surface area (Å²) in [4.78, 5) is 30.6. The van der Waals surface area contributed by atoms with Crippen LogP contribution < -0.4 is 15.5 Å². The number of hydrogen-bond donors (Lipinski definition) is 4. The maximum absolute atomic E-state index is 11.2. The van der Waals surface area contributed by atoms with Crippen molar-refractivity contribution in [3.63, 3.8) is 0 Å². The molecule has 164 valence electrons. The molecule has 4 heterocycles. The Bertz CT molecular complexity index is 1310. The van der Waals surface area contributed by atoms with E-state index in [9.17, 15) is 9.90 Å². The molecule has 0 unspecified atom stereocenters. The summed E-state index contributed by atoms with van der Waals surface area (Å²) in [6, 6.07) is 7.75. The Balaban J connectivity index is 1.30. The fourth-order valence-electron chi connectivity index (χ4n) is 4.48. The van der Waals surface area contributed by atoms with Gasteiger partial charge in [0, 0.05) is 18.5 Å². The first kappa shape index (κ1) is 19.3. The molecule has 32 heavy (non-hydrogen) atoms. The first-order valence-corrected chi connectivity index (χ1v) is 11.1. The molecule has 6 rings (SSSR count). The van der Waals surface area contributed by atoms with Gasteiger partial charge in [0.05, 0.1) is 34.3 Å². The number of rotatable bonds is 5. The average molecular weight is 498 g/mol. The molecule has 1 aliphatic heterocycles. The molecule has 1 aliphatic carbocycles. The number of halogens is 1. The van der Waals surface area contributed by atoms with Crippen LogP contribution in [0.2, 0.25) is 0 Å². The van der Waals surface area contributed by atoms with Crippen molar-refractivity contribution in [1.82, 2.24) is 34.9 Å². The van der Waals surface area contributed by atoms with Gasteiger partial charge in [-0.3, -0.25) is 0 Å². The van der Waals surface area contributed by atoms with Gasteiger partial charge in [0.25, 0.3) is 0 Å². The van der Waals surface area contributed by atoms with Gasteiger partial charge < -0.3 is 25.6 Å². The highest BCUT2D eigenvalue weighted by Gasteiger charge is 2.56. The first-order valence-electron chi connectivity index (χ1n) is 10.3. The third-order valence-corrected chi connectivity index (χ3v) is 6.85. The topological polar surface area (TPSA) is 136 Å². The third kappa shape index (κ3) is 3.22. The van der Waals surface area contributed by atoms with Crippen molar-refractivity contribution in [1.29, 1.82) is 0 Å². The van der Waals surface area contributed by atoms with Crippen LogP contribution in [0.4, 0.5) is 16.7 Å². The van der Waals surface area contributed by atoms with Crippen LogP contribution in [-0.2, 0) is 6.54 Å². The van der Waals surface area contributed by atoms with E-state index >= 15 is 0 Å². The van der Waals surface area contributed by atoms with Gasteiger partial charge in [0.15, 0.2) is 5.65 Å². The van der Waals surface area contributed by atoms with Gasteiger partial charge in [-0.2, -0.15) is 19.6 Å². The average Bonchev–Trinajstić information content (AvgIpc) is 3.10. The fraction of sp³-hybridized carbons (Fsp3) is 0.350. The molecule has 12 heteroatoms. The zero-order valence-corrected chi connectivity index (χ0v) is 18.5. The lowest BCUT2D eigenvalue weighted by Gasteiger charge is -2.17. The van der Waals surface area contributed by atoms with Crippen molar-refractivity contribution in [2.75, 3.05) is 23.3 Å². The molecule has 1 saturated carbocycles. The van der Waals surface area contributed by atoms with E-state index in [1.54, 1.807) is 10.7 Å². The number of para-hydroxylation sites is 2. The highest BCUT2D eigenvalue weighted by molar-refractivity contribution is 9.10. The van der Waals surface area contributed by atoms with Crippen LogP contribution >= 0.6 is 15.9 Å². The number of benzene rings is 1. The van der Waals surface area contributed by atoms with E-state index in [1.807, 2.05) is 24.3 Å². The smallest absolute Gasteiger partial charge is 0.404 e. The van der Waals surface area contributed by atoms with Crippen molar-refractivity contribution < 1.29 is 9.90 Å². The first-order chi connectivity index (χ1) is 15.5. The molecule has 11 nitrogen and oxygen atoms in total. The summed E-state index contributed by atoms with van der Waals surface area (Å²) in [5.41, 5.74) is 2.50. The molecule has 2 aliphatic rings. The maximum atomic E-state index is 11.2. The molecule has 1 amide bonds. The van der Waals surface area contributed by atoms with E-state index in [0.29, 0.717) is 30.6 Å². The normalized spacial score (nSPS) is 19.2. The van der Waals surface area contributed by atoms with Gasteiger partial charge in [-0.1, -0.05) is 12.1 Å². The molecule has 2 fully saturated rings. The number of H-pyrrole nitrogens is 1. The van der Waals surface area contributed by atoms with E-state index < -0.39 is 6.09 Å². The number of fused-ring (bicyclic) bond motifs is 2. The molecule has 1 atom stereocenters. The highest BCUT2D eigenvalue weighted by atomic mass is 79.9. The number of anilines is 2. The van der Waals surface area contributed by atoms with Crippen molar-refractivity contribution in [2.24, 2.45) is 5.41 Å². The summed E-state index contributed by atoms with van der Waals surface area (Å²) in [6.45, 7) is 1.70. The number of aromatic nitrogens is 6. The number of aromatic amines is 1. The second kappa shape index (κ2) is 7.05. The van der Waals surface area contributed by atoms with E-state index in [0.717, 1.165) is 40.7 Å². The number of amides is 1. The molecule has 0 bridgehead atoms. The van der Waals surface area contributed by atoms with Crippen LogP contribution in [0, 0.1) is 5.41 Å². The minimum absolute atomic E-state index is 0.0206. The maximum Gasteiger partial charge on any atom is 0.404 e. The summed E-state index contributed by atoms with van der Waals surface area (Å²) in [5, 5.41) is 19.6. The predicted octanol–water partition coefficient (Wildman–Crippen LogP) is 2.61. The zero-order chi connectivity index (χ0) is 21.9. The molecule has 4 N–H and O–H groups in total. The number of nitrogens with zero attached hydrogens (tertiary/aromatic N) is 6. The predicted molar refractivity (Wildman–Crippen MR) is 121 cm³/mol. The van der Waals surface area contributed by atoms with Crippen LogP contribution in [0.15, 0.2) is 34.9 Å². The summed E-state index contributed by atoms with van der Waals surface area (Å²) < 4.78 is 2.40. The Morgan fingerprint density at radius 2 is 2.12 bits per heavy atom. The number of imidazole rings is 1. The van der Waals surface area contributed by atoms with Crippen LogP contribution in [0.25, 0.3) is 16.7 Å². The number of carboxylic acid groups (broad SMARTS) is 1. The van der Waals surface area contributed by atoms with E-state index in [4.69, 9.17) is 9.97 Å². The van der Waals surface area contributed by atoms with Gasteiger partial charge >= 0.3 is 6.09 Å². The minimum atomic E-state index is -0.994. The SMILES string of the molecule is O=C(O)N[C@@H]1CN(c2nc(NCc3nc4ccccc4[nH]3)n3ncc(Br)c3n2)CC12CC2. The standard InChI is InChI=1S/C20H20BrN9O2/c21-11-7-23-30-16(11)27-18(29-9-14(26-19(31)32)20(10-29)5-6-20)28-17(30)22-8-15-24-12-3-1-2-4-13(12)25-15/h1-4,7,14,26H,5-6,8-10H2,(H,24,25)(H,31,32)(H,22,27,28)/t14-/m1/s1. The molecular formula is C20H20BrN9O2. The zero-order valence-electron chi connectivity index (χ0n) is 16.9. The molecule has 0 radical (unpaired) electrons.